The molecule has 0 amide bonds. The summed E-state index contributed by atoms with van der Waals surface area (Å²) >= 11 is 7.22. The number of aliphatic imine (C=N–C) groups is 1. The lowest BCUT2D eigenvalue weighted by atomic mass is 10.2. The summed E-state index contributed by atoms with van der Waals surface area (Å²) in [5.74, 6) is 0.835. The summed E-state index contributed by atoms with van der Waals surface area (Å²) in [6.07, 6.45) is 1.91. The topological polar surface area (TPSA) is 26.5 Å². The second-order valence-corrected chi connectivity index (χ2v) is 7.61. The predicted octanol–water partition coefficient (Wildman–Crippen LogP) is 6.77. The van der Waals surface area contributed by atoms with Gasteiger partial charge in [0.1, 0.15) is 5.75 Å². The molecule has 0 aliphatic heterocycles. The Morgan fingerprint density at radius 3 is 2.46 bits per heavy atom. The molecule has 0 unspecified atom stereocenters. The fourth-order valence-corrected chi connectivity index (χ4v) is 3.74. The summed E-state index contributed by atoms with van der Waals surface area (Å²) in [5.41, 5.74) is 5.36. The molecule has 0 fully saturated rings. The maximum atomic E-state index is 5.55. The molecule has 0 saturated heterocycles. The Hall–Kier alpha value is -1.85. The number of aromatic nitrogens is 1. The summed E-state index contributed by atoms with van der Waals surface area (Å²) in [6.45, 7) is 6.83. The quantitative estimate of drug-likeness (QED) is 0.374. The number of ether oxygens (including phenoxy) is 1. The van der Waals surface area contributed by atoms with Gasteiger partial charge in [-0.25, -0.2) is 0 Å². The molecule has 0 spiro atoms. The van der Waals surface area contributed by atoms with Crippen molar-refractivity contribution >= 4 is 43.8 Å². The van der Waals surface area contributed by atoms with Crippen molar-refractivity contribution in [2.75, 3.05) is 6.61 Å². The van der Waals surface area contributed by atoms with E-state index in [2.05, 4.69) is 79.5 Å². The van der Waals surface area contributed by atoms with Crippen LogP contribution in [-0.4, -0.2) is 17.4 Å². The van der Waals surface area contributed by atoms with Gasteiger partial charge in [0.2, 0.25) is 0 Å². The summed E-state index contributed by atoms with van der Waals surface area (Å²) in [5, 5.41) is 0. The van der Waals surface area contributed by atoms with Crippen molar-refractivity contribution < 1.29 is 4.74 Å². The Balaban J connectivity index is 1.97. The molecule has 134 valence electrons. The lowest BCUT2D eigenvalue weighted by Gasteiger charge is -2.09. The monoisotopic (exact) mass is 474 g/mol. The molecule has 3 rings (SSSR count). The van der Waals surface area contributed by atoms with Crippen molar-refractivity contribution in [3.8, 4) is 11.4 Å². The molecule has 0 radical (unpaired) electrons. The average molecular weight is 476 g/mol. The number of rotatable bonds is 5. The largest absolute Gasteiger partial charge is 0.494 e. The number of hydrogen-bond donors (Lipinski definition) is 0. The summed E-state index contributed by atoms with van der Waals surface area (Å²) in [6, 6.07) is 16.1. The van der Waals surface area contributed by atoms with E-state index in [1.807, 2.05) is 37.4 Å². The highest BCUT2D eigenvalue weighted by atomic mass is 79.9. The minimum atomic E-state index is 0.646. The molecule has 0 aliphatic carbocycles. The molecule has 0 bridgehead atoms. The Kier molecular flexibility index (Phi) is 5.99. The first kappa shape index (κ1) is 18.9. The van der Waals surface area contributed by atoms with Crippen LogP contribution in [0.25, 0.3) is 5.69 Å². The first-order valence-corrected chi connectivity index (χ1v) is 10.00. The maximum absolute atomic E-state index is 5.55. The summed E-state index contributed by atoms with van der Waals surface area (Å²) in [7, 11) is 0. The fraction of sp³-hybridized carbons (Fsp3) is 0.190. The molecule has 5 heteroatoms. The average Bonchev–Trinajstić information content (AvgIpc) is 2.84. The van der Waals surface area contributed by atoms with Crippen LogP contribution in [0.1, 0.15) is 23.9 Å². The van der Waals surface area contributed by atoms with Crippen LogP contribution in [0.4, 0.5) is 5.69 Å². The number of nitrogens with zero attached hydrogens (tertiary/aromatic N) is 2. The number of hydrogen-bond acceptors (Lipinski definition) is 2. The second-order valence-electron chi connectivity index (χ2n) is 5.90. The highest BCUT2D eigenvalue weighted by Gasteiger charge is 2.15. The molecule has 0 atom stereocenters. The SMILES string of the molecule is CCOc1cccc(N=Cc2c(Br)c(C)n(-c3ccc(Br)cc3)c2C)c1. The lowest BCUT2D eigenvalue weighted by Crippen LogP contribution is -1.99. The Bertz CT molecular complexity index is 943. The Morgan fingerprint density at radius 2 is 1.77 bits per heavy atom. The van der Waals surface area contributed by atoms with Crippen LogP contribution >= 0.6 is 31.9 Å². The van der Waals surface area contributed by atoms with Gasteiger partial charge in [-0.2, -0.15) is 0 Å². The third-order valence-corrected chi connectivity index (χ3v) is 5.70. The highest BCUT2D eigenvalue weighted by Crippen LogP contribution is 2.30. The van der Waals surface area contributed by atoms with Gasteiger partial charge in [0.05, 0.1) is 12.3 Å². The molecule has 2 aromatic carbocycles. The van der Waals surface area contributed by atoms with Gasteiger partial charge < -0.3 is 9.30 Å². The minimum Gasteiger partial charge on any atom is -0.494 e. The molecule has 0 saturated carbocycles. The van der Waals surface area contributed by atoms with Crippen molar-refractivity contribution in [3.63, 3.8) is 0 Å². The van der Waals surface area contributed by atoms with E-state index in [1.54, 1.807) is 0 Å². The van der Waals surface area contributed by atoms with E-state index in [0.29, 0.717) is 6.61 Å². The van der Waals surface area contributed by atoms with Crippen LogP contribution in [0.15, 0.2) is 62.5 Å². The van der Waals surface area contributed by atoms with Crippen molar-refractivity contribution in [2.24, 2.45) is 4.99 Å². The molecular weight excluding hydrogens is 456 g/mol. The van der Waals surface area contributed by atoms with Gasteiger partial charge in [0.15, 0.2) is 0 Å². The van der Waals surface area contributed by atoms with Crippen LogP contribution in [-0.2, 0) is 0 Å². The van der Waals surface area contributed by atoms with Crippen molar-refractivity contribution in [1.29, 1.82) is 0 Å². The van der Waals surface area contributed by atoms with Gasteiger partial charge in [-0.05, 0) is 73.1 Å². The maximum Gasteiger partial charge on any atom is 0.121 e. The summed E-state index contributed by atoms with van der Waals surface area (Å²) in [4.78, 5) is 4.65. The van der Waals surface area contributed by atoms with E-state index in [1.165, 1.54) is 0 Å². The van der Waals surface area contributed by atoms with E-state index >= 15 is 0 Å². The van der Waals surface area contributed by atoms with E-state index in [0.717, 1.165) is 43.0 Å². The van der Waals surface area contributed by atoms with Gasteiger partial charge >= 0.3 is 0 Å². The Morgan fingerprint density at radius 1 is 1.04 bits per heavy atom. The van der Waals surface area contributed by atoms with E-state index in [4.69, 9.17) is 4.74 Å². The third kappa shape index (κ3) is 3.94. The van der Waals surface area contributed by atoms with Gasteiger partial charge in [-0.15, -0.1) is 0 Å². The lowest BCUT2D eigenvalue weighted by molar-refractivity contribution is 0.340. The third-order valence-electron chi connectivity index (χ3n) is 4.17. The first-order valence-electron chi connectivity index (χ1n) is 8.41. The van der Waals surface area contributed by atoms with Crippen molar-refractivity contribution in [2.45, 2.75) is 20.8 Å². The molecule has 3 nitrogen and oxygen atoms in total. The zero-order valence-electron chi connectivity index (χ0n) is 15.0. The fourth-order valence-electron chi connectivity index (χ4n) is 2.91. The molecule has 3 aromatic rings. The molecular formula is C21H20Br2N2O. The normalized spacial score (nSPS) is 11.3. The molecule has 1 aromatic heterocycles. The highest BCUT2D eigenvalue weighted by molar-refractivity contribution is 9.10. The van der Waals surface area contributed by atoms with Crippen LogP contribution in [0.3, 0.4) is 0 Å². The predicted molar refractivity (Wildman–Crippen MR) is 116 cm³/mol. The van der Waals surface area contributed by atoms with E-state index in [9.17, 15) is 0 Å². The first-order chi connectivity index (χ1) is 12.5. The van der Waals surface area contributed by atoms with Gasteiger partial charge in [0, 0.05) is 43.9 Å². The van der Waals surface area contributed by atoms with Crippen LogP contribution in [0, 0.1) is 13.8 Å². The standard InChI is InChI=1S/C21H20Br2N2O/c1-4-26-19-7-5-6-17(12-19)24-13-20-14(2)25(15(3)21(20)23)18-10-8-16(22)9-11-18/h5-13H,4H2,1-3H3. The number of halogens is 2. The molecule has 0 N–H and O–H groups in total. The zero-order chi connectivity index (χ0) is 18.7. The van der Waals surface area contributed by atoms with E-state index < -0.39 is 0 Å². The van der Waals surface area contributed by atoms with Crippen molar-refractivity contribution in [1.82, 2.24) is 4.57 Å². The molecule has 26 heavy (non-hydrogen) atoms. The van der Waals surface area contributed by atoms with Gasteiger partial charge in [-0.3, -0.25) is 4.99 Å². The van der Waals surface area contributed by atoms with Gasteiger partial charge in [-0.1, -0.05) is 22.0 Å². The summed E-state index contributed by atoms with van der Waals surface area (Å²) < 4.78 is 9.90. The van der Waals surface area contributed by atoms with Gasteiger partial charge in [0.25, 0.3) is 0 Å². The number of benzene rings is 2. The molecule has 1 heterocycles. The van der Waals surface area contributed by atoms with E-state index in [-0.39, 0.29) is 0 Å². The smallest absolute Gasteiger partial charge is 0.121 e. The van der Waals surface area contributed by atoms with Crippen molar-refractivity contribution in [3.05, 3.63) is 74.4 Å². The Labute approximate surface area is 171 Å². The van der Waals surface area contributed by atoms with Crippen LogP contribution < -0.4 is 4.74 Å². The van der Waals surface area contributed by atoms with Crippen LogP contribution in [0.5, 0.6) is 5.75 Å². The van der Waals surface area contributed by atoms with Crippen LogP contribution in [0.2, 0.25) is 0 Å². The second kappa shape index (κ2) is 8.23. The zero-order valence-corrected chi connectivity index (χ0v) is 18.1. The molecule has 0 aliphatic rings. The minimum absolute atomic E-state index is 0.646.